The number of piperidine rings is 1. The summed E-state index contributed by atoms with van der Waals surface area (Å²) in [6, 6.07) is 13.9. The summed E-state index contributed by atoms with van der Waals surface area (Å²) in [6.45, 7) is 0.662. The number of aromatic nitrogens is 2. The minimum Gasteiger partial charge on any atom is -0.340 e. The molecular formula is C24H25N5O3. The van der Waals surface area contributed by atoms with Crippen LogP contribution in [-0.2, 0) is 9.59 Å². The topological polar surface area (TPSA) is 107 Å². The van der Waals surface area contributed by atoms with E-state index in [0.29, 0.717) is 17.8 Å². The molecule has 3 N–H and O–H groups in total. The minimum atomic E-state index is -0.756. The molecule has 0 radical (unpaired) electrons. The van der Waals surface area contributed by atoms with E-state index < -0.39 is 6.04 Å². The maximum atomic E-state index is 13.2. The highest BCUT2D eigenvalue weighted by molar-refractivity contribution is 6.09. The van der Waals surface area contributed by atoms with Crippen LogP contribution in [0.4, 0.5) is 5.69 Å². The third-order valence-corrected chi connectivity index (χ3v) is 6.24. The smallest absolute Gasteiger partial charge is 0.254 e. The summed E-state index contributed by atoms with van der Waals surface area (Å²) in [5.74, 6) is 0.160. The molecule has 3 amide bonds. The van der Waals surface area contributed by atoms with Gasteiger partial charge in [-0.1, -0.05) is 24.3 Å². The molecule has 1 saturated heterocycles. The van der Waals surface area contributed by atoms with E-state index in [1.807, 2.05) is 29.2 Å². The molecule has 8 nitrogen and oxygen atoms in total. The van der Waals surface area contributed by atoms with Gasteiger partial charge in [-0.3, -0.25) is 14.4 Å². The van der Waals surface area contributed by atoms with Gasteiger partial charge in [-0.15, -0.1) is 0 Å². The number of aromatic amines is 1. The normalized spacial score (nSPS) is 20.9. The van der Waals surface area contributed by atoms with Crippen molar-refractivity contribution in [2.45, 2.75) is 44.2 Å². The number of amides is 3. The summed E-state index contributed by atoms with van der Waals surface area (Å²) in [7, 11) is 0. The highest BCUT2D eigenvalue weighted by Crippen LogP contribution is 2.31. The fraction of sp³-hybridized carbons (Fsp3) is 0.333. The summed E-state index contributed by atoms with van der Waals surface area (Å²) in [4.78, 5) is 48.3. The van der Waals surface area contributed by atoms with E-state index >= 15 is 0 Å². The van der Waals surface area contributed by atoms with E-state index in [0.717, 1.165) is 36.1 Å². The number of hydrogen-bond acceptors (Lipinski definition) is 4. The number of H-pyrrole nitrogens is 1. The second-order valence-corrected chi connectivity index (χ2v) is 8.34. The number of nitrogens with one attached hydrogen (secondary N) is 3. The fourth-order valence-electron chi connectivity index (χ4n) is 4.57. The number of nitrogens with zero attached hydrogens (tertiary/aromatic N) is 2. The van der Waals surface area contributed by atoms with Gasteiger partial charge in [-0.25, -0.2) is 4.98 Å². The van der Waals surface area contributed by atoms with Crippen LogP contribution in [0.1, 0.15) is 54.3 Å². The highest BCUT2D eigenvalue weighted by Gasteiger charge is 2.32. The monoisotopic (exact) mass is 431 g/mol. The van der Waals surface area contributed by atoms with Crippen molar-refractivity contribution in [2.24, 2.45) is 0 Å². The molecule has 0 bridgehead atoms. The molecule has 164 valence electrons. The maximum absolute atomic E-state index is 13.2. The molecule has 3 aromatic rings. The number of hydrogen-bond donors (Lipinski definition) is 3. The molecule has 8 heteroatoms. The van der Waals surface area contributed by atoms with Crippen molar-refractivity contribution < 1.29 is 14.4 Å². The number of likely N-dealkylation sites (tertiary alicyclic amines) is 1. The summed E-state index contributed by atoms with van der Waals surface area (Å²) in [6.07, 6.45) is 3.24. The first-order valence-electron chi connectivity index (χ1n) is 11.0. The van der Waals surface area contributed by atoms with Crippen molar-refractivity contribution in [1.82, 2.24) is 20.2 Å². The first-order chi connectivity index (χ1) is 15.6. The van der Waals surface area contributed by atoms with E-state index in [9.17, 15) is 14.4 Å². The second kappa shape index (κ2) is 8.45. The Bertz CT molecular complexity index is 1150. The number of fused-ring (bicyclic) bond motifs is 2. The Morgan fingerprint density at radius 3 is 2.75 bits per heavy atom. The number of benzene rings is 2. The summed E-state index contributed by atoms with van der Waals surface area (Å²) >= 11 is 0. The third-order valence-electron chi connectivity index (χ3n) is 6.24. The van der Waals surface area contributed by atoms with Gasteiger partial charge in [0.15, 0.2) is 0 Å². The number of rotatable bonds is 4. The molecular weight excluding hydrogens is 406 g/mol. The largest absolute Gasteiger partial charge is 0.340 e. The van der Waals surface area contributed by atoms with Gasteiger partial charge in [-0.05, 0) is 49.9 Å². The first-order valence-corrected chi connectivity index (χ1v) is 11.0. The fourth-order valence-corrected chi connectivity index (χ4v) is 4.57. The summed E-state index contributed by atoms with van der Waals surface area (Å²) < 4.78 is 0. The van der Waals surface area contributed by atoms with Gasteiger partial charge in [0.2, 0.25) is 11.8 Å². The zero-order valence-corrected chi connectivity index (χ0v) is 17.6. The lowest BCUT2D eigenvalue weighted by Crippen LogP contribution is -2.43. The summed E-state index contributed by atoms with van der Waals surface area (Å²) in [5.41, 5.74) is 2.76. The average Bonchev–Trinajstić information content (AvgIpc) is 3.21. The Morgan fingerprint density at radius 1 is 1.06 bits per heavy atom. The number of carbonyl (C=O) groups excluding carboxylic acids is 3. The Balaban J connectivity index is 1.28. The van der Waals surface area contributed by atoms with E-state index in [1.54, 1.807) is 24.3 Å². The predicted octanol–water partition coefficient (Wildman–Crippen LogP) is 3.15. The average molecular weight is 431 g/mol. The third kappa shape index (κ3) is 3.84. The van der Waals surface area contributed by atoms with Gasteiger partial charge in [0.1, 0.15) is 11.9 Å². The maximum Gasteiger partial charge on any atom is 0.254 e. The van der Waals surface area contributed by atoms with Crippen LogP contribution in [0.25, 0.3) is 11.0 Å². The van der Waals surface area contributed by atoms with Crippen LogP contribution in [-0.4, -0.2) is 45.2 Å². The Labute approximate surface area is 185 Å². The number of anilines is 1. The molecule has 32 heavy (non-hydrogen) atoms. The number of para-hydroxylation sites is 3. The minimum absolute atomic E-state index is 0.0287. The van der Waals surface area contributed by atoms with Crippen LogP contribution in [0.2, 0.25) is 0 Å². The van der Waals surface area contributed by atoms with Crippen LogP contribution in [0.15, 0.2) is 48.5 Å². The van der Waals surface area contributed by atoms with Crippen LogP contribution in [0, 0.1) is 0 Å². The van der Waals surface area contributed by atoms with E-state index in [-0.39, 0.29) is 36.6 Å². The molecule has 0 saturated carbocycles. The predicted molar refractivity (Wildman–Crippen MR) is 120 cm³/mol. The van der Waals surface area contributed by atoms with E-state index in [2.05, 4.69) is 15.6 Å². The molecule has 3 heterocycles. The molecule has 2 atom stereocenters. The van der Waals surface area contributed by atoms with Crippen LogP contribution >= 0.6 is 0 Å². The van der Waals surface area contributed by atoms with E-state index in [4.69, 9.17) is 4.98 Å². The number of imidazole rings is 1. The molecule has 1 fully saturated rings. The van der Waals surface area contributed by atoms with Crippen molar-refractivity contribution in [1.29, 1.82) is 0 Å². The lowest BCUT2D eigenvalue weighted by atomic mass is 10.00. The molecule has 2 aromatic carbocycles. The molecule has 0 spiro atoms. The quantitative estimate of drug-likeness (QED) is 0.590. The zero-order chi connectivity index (χ0) is 22.1. The van der Waals surface area contributed by atoms with Gasteiger partial charge in [-0.2, -0.15) is 0 Å². The van der Waals surface area contributed by atoms with Gasteiger partial charge in [0, 0.05) is 13.0 Å². The molecule has 5 rings (SSSR count). The van der Waals surface area contributed by atoms with Crippen molar-refractivity contribution in [3.05, 3.63) is 59.9 Å². The second-order valence-electron chi connectivity index (χ2n) is 8.34. The lowest BCUT2D eigenvalue weighted by molar-refractivity contribution is -0.135. The molecule has 1 aromatic heterocycles. The molecule has 2 aliphatic heterocycles. The van der Waals surface area contributed by atoms with Crippen molar-refractivity contribution in [3.63, 3.8) is 0 Å². The molecule has 2 aliphatic rings. The zero-order valence-electron chi connectivity index (χ0n) is 17.6. The summed E-state index contributed by atoms with van der Waals surface area (Å²) in [5, 5.41) is 5.56. The highest BCUT2D eigenvalue weighted by atomic mass is 16.2. The Morgan fingerprint density at radius 2 is 1.88 bits per heavy atom. The number of carbonyl (C=O) groups is 3. The standard InChI is InChI=1S/C24H25N5O3/c30-21(13-12-19-24(32)27-16-8-2-1-7-15(16)23(31)28-19)29-14-6-5-11-20(29)22-25-17-9-3-4-10-18(17)26-22/h1-4,7-10,19-20H,5-6,11-14H2,(H,25,26)(H,27,32)(H,28,31)/t19-,20-/m0/s1. The van der Waals surface area contributed by atoms with Gasteiger partial charge in [0.25, 0.3) is 5.91 Å². The van der Waals surface area contributed by atoms with Crippen molar-refractivity contribution in [2.75, 3.05) is 11.9 Å². The van der Waals surface area contributed by atoms with Gasteiger partial charge in [0.05, 0.1) is 28.3 Å². The van der Waals surface area contributed by atoms with Crippen LogP contribution in [0.3, 0.4) is 0 Å². The first kappa shape index (κ1) is 20.2. The van der Waals surface area contributed by atoms with Crippen LogP contribution in [0.5, 0.6) is 0 Å². The lowest BCUT2D eigenvalue weighted by Gasteiger charge is -2.35. The Kier molecular flexibility index (Phi) is 5.34. The van der Waals surface area contributed by atoms with Crippen molar-refractivity contribution >= 4 is 34.4 Å². The van der Waals surface area contributed by atoms with Crippen molar-refractivity contribution in [3.8, 4) is 0 Å². The SMILES string of the molecule is O=C1N[C@@H](CCC(=O)N2CCCC[C@H]2c2nc3ccccc3[nH]2)C(=O)Nc2ccccc21. The van der Waals surface area contributed by atoms with Gasteiger partial charge >= 0.3 is 0 Å². The molecule has 0 unspecified atom stereocenters. The van der Waals surface area contributed by atoms with Gasteiger partial charge < -0.3 is 20.5 Å². The van der Waals surface area contributed by atoms with Crippen LogP contribution < -0.4 is 10.6 Å². The molecule has 0 aliphatic carbocycles. The Hall–Kier alpha value is -3.68. The van der Waals surface area contributed by atoms with E-state index in [1.165, 1.54) is 0 Å².